The third-order valence-corrected chi connectivity index (χ3v) is 6.79. The highest BCUT2D eigenvalue weighted by molar-refractivity contribution is 6.51. The second kappa shape index (κ2) is 12.2. The van der Waals surface area contributed by atoms with Crippen molar-refractivity contribution in [2.75, 3.05) is 7.05 Å². The highest BCUT2D eigenvalue weighted by Crippen LogP contribution is 2.27. The Hall–Kier alpha value is -3.80. The van der Waals surface area contributed by atoms with Crippen LogP contribution in [0, 0.1) is 5.92 Å². The minimum atomic E-state index is -1.29. The Morgan fingerprint density at radius 3 is 2.29 bits per heavy atom. The van der Waals surface area contributed by atoms with Gasteiger partial charge in [0.1, 0.15) is 23.8 Å². The fourth-order valence-electron chi connectivity index (χ4n) is 4.82. The Kier molecular flexibility index (Phi) is 8.72. The topological polar surface area (TPSA) is 140 Å². The summed E-state index contributed by atoms with van der Waals surface area (Å²) in [6.45, 7) is 3.89. The number of nitrogens with zero attached hydrogens (tertiary/aromatic N) is 3. The molecule has 4 rings (SSSR count). The van der Waals surface area contributed by atoms with Crippen molar-refractivity contribution in [3.05, 3.63) is 60.2 Å². The lowest BCUT2D eigenvalue weighted by Crippen LogP contribution is -2.59. The van der Waals surface area contributed by atoms with E-state index in [4.69, 9.17) is 9.31 Å². The molecule has 4 atom stereocenters. The van der Waals surface area contributed by atoms with E-state index in [9.17, 15) is 19.2 Å². The molecule has 2 aliphatic heterocycles. The van der Waals surface area contributed by atoms with E-state index in [1.165, 1.54) is 18.6 Å². The van der Waals surface area contributed by atoms with Gasteiger partial charge in [0, 0.05) is 18.8 Å². The summed E-state index contributed by atoms with van der Waals surface area (Å²) in [6, 6.07) is 7.19. The molecule has 0 spiro atoms. The van der Waals surface area contributed by atoms with Crippen LogP contribution < -0.4 is 10.6 Å². The molecule has 0 radical (unpaired) electrons. The number of likely N-dealkylation sites (N-methyl/N-ethyl adjacent to an activating group) is 1. The van der Waals surface area contributed by atoms with Crippen molar-refractivity contribution in [1.29, 1.82) is 0 Å². The number of carbonyl (C=O) groups is 4. The Bertz CT molecular complexity index is 1130. The van der Waals surface area contributed by atoms with Gasteiger partial charge in [0.25, 0.3) is 5.91 Å². The smallest absolute Gasteiger partial charge is 0.497 e. The Morgan fingerprint density at radius 1 is 1.05 bits per heavy atom. The average Bonchev–Trinajstić information content (AvgIpc) is 3.31. The second-order valence-corrected chi connectivity index (χ2v) is 10.1. The van der Waals surface area contributed by atoms with E-state index in [1.54, 1.807) is 11.9 Å². The van der Waals surface area contributed by atoms with Crippen molar-refractivity contribution >= 4 is 30.9 Å². The van der Waals surface area contributed by atoms with E-state index in [2.05, 4.69) is 20.6 Å². The zero-order valence-electron chi connectivity index (χ0n) is 21.7. The molecular formula is C26H32BN5O6. The number of carbonyl (C=O) groups excluding carboxylic acids is 4. The van der Waals surface area contributed by atoms with Crippen LogP contribution in [-0.2, 0) is 30.1 Å². The first kappa shape index (κ1) is 27.2. The van der Waals surface area contributed by atoms with E-state index in [0.29, 0.717) is 19.3 Å². The van der Waals surface area contributed by atoms with Gasteiger partial charge in [0.15, 0.2) is 0 Å². The van der Waals surface area contributed by atoms with Crippen LogP contribution in [0.2, 0.25) is 0 Å². The van der Waals surface area contributed by atoms with Gasteiger partial charge in [-0.05, 0) is 37.8 Å². The van der Waals surface area contributed by atoms with Gasteiger partial charge in [0.2, 0.25) is 5.91 Å². The zero-order valence-corrected chi connectivity index (χ0v) is 21.7. The summed E-state index contributed by atoms with van der Waals surface area (Å²) in [6.07, 6.45) is 5.72. The number of nitrogens with one attached hydrogen (secondary N) is 2. The number of hydrogen-bond acceptors (Lipinski definition) is 9. The normalized spacial score (nSPS) is 21.1. The van der Waals surface area contributed by atoms with Crippen molar-refractivity contribution in [3.8, 4) is 0 Å². The summed E-state index contributed by atoms with van der Waals surface area (Å²) in [5, 5.41) is 5.63. The zero-order chi connectivity index (χ0) is 27.2. The highest BCUT2D eigenvalue weighted by Gasteiger charge is 2.49. The maximum atomic E-state index is 13.6. The van der Waals surface area contributed by atoms with Crippen LogP contribution in [0.1, 0.15) is 49.2 Å². The van der Waals surface area contributed by atoms with E-state index < -0.39 is 54.9 Å². The van der Waals surface area contributed by atoms with Crippen LogP contribution in [0.3, 0.4) is 0 Å². The number of fused-ring (bicyclic) bond motifs is 2. The SMILES string of the molecule is CC(C)C[C@H](NC(=O)C(Cc1ccccc1)NC(=O)c1cnccn1)B1OC(=O)[C@@H]2CC[C@@H](C(=O)O1)N2C. The van der Waals surface area contributed by atoms with Gasteiger partial charge in [-0.25, -0.2) is 4.98 Å². The summed E-state index contributed by atoms with van der Waals surface area (Å²) >= 11 is 0. The van der Waals surface area contributed by atoms with Gasteiger partial charge < -0.3 is 19.9 Å². The highest BCUT2D eigenvalue weighted by atomic mass is 16.6. The van der Waals surface area contributed by atoms with Gasteiger partial charge in [-0.15, -0.1) is 0 Å². The number of aromatic nitrogens is 2. The molecule has 2 saturated heterocycles. The third kappa shape index (κ3) is 6.55. The molecule has 2 bridgehead atoms. The molecule has 11 nitrogen and oxygen atoms in total. The van der Waals surface area contributed by atoms with E-state index in [0.717, 1.165) is 5.56 Å². The third-order valence-electron chi connectivity index (χ3n) is 6.79. The average molecular weight is 521 g/mol. The minimum absolute atomic E-state index is 0.0690. The molecule has 1 aromatic carbocycles. The Morgan fingerprint density at radius 2 is 1.71 bits per heavy atom. The van der Waals surface area contributed by atoms with Crippen LogP contribution >= 0.6 is 0 Å². The van der Waals surface area contributed by atoms with Crippen LogP contribution in [0.5, 0.6) is 0 Å². The van der Waals surface area contributed by atoms with Crippen LogP contribution in [-0.4, -0.2) is 76.9 Å². The largest absolute Gasteiger partial charge is 0.622 e. The molecule has 200 valence electrons. The standard InChI is InChI=1S/C26H32BN5O6/c1-16(2)13-22(27-37-25(35)20-9-10-21(32(20)3)26(36)38-27)31-23(33)18(14-17-7-5-4-6-8-17)30-24(34)19-15-28-11-12-29-19/h4-8,11-12,15-16,18,20-22H,9-10,13-14H2,1-3H3,(H,30,34)(H,31,33)/t18?,20-,21-,22-/m0/s1. The molecule has 38 heavy (non-hydrogen) atoms. The van der Waals surface area contributed by atoms with Gasteiger partial charge in [-0.2, -0.15) is 0 Å². The van der Waals surface area contributed by atoms with Crippen molar-refractivity contribution in [1.82, 2.24) is 25.5 Å². The maximum Gasteiger partial charge on any atom is 0.622 e. The monoisotopic (exact) mass is 521 g/mol. The fraction of sp³-hybridized carbons (Fsp3) is 0.462. The van der Waals surface area contributed by atoms with E-state index in [-0.39, 0.29) is 18.0 Å². The Labute approximate surface area is 221 Å². The number of benzene rings is 1. The molecule has 2 amide bonds. The summed E-state index contributed by atoms with van der Waals surface area (Å²) in [4.78, 5) is 61.8. The number of hydrogen-bond donors (Lipinski definition) is 2. The molecule has 1 unspecified atom stereocenters. The van der Waals surface area contributed by atoms with E-state index in [1.807, 2.05) is 44.2 Å². The molecular weight excluding hydrogens is 489 g/mol. The molecule has 12 heteroatoms. The lowest BCUT2D eigenvalue weighted by molar-refractivity contribution is -0.151. The maximum absolute atomic E-state index is 13.6. The lowest BCUT2D eigenvalue weighted by Gasteiger charge is -2.32. The molecule has 2 aliphatic rings. The van der Waals surface area contributed by atoms with Gasteiger partial charge in [-0.1, -0.05) is 44.2 Å². The molecule has 0 saturated carbocycles. The van der Waals surface area contributed by atoms with Crippen molar-refractivity contribution in [3.63, 3.8) is 0 Å². The van der Waals surface area contributed by atoms with Crippen LogP contribution in [0.15, 0.2) is 48.9 Å². The molecule has 3 heterocycles. The predicted octanol–water partition coefficient (Wildman–Crippen LogP) is 0.939. The Balaban J connectivity index is 1.55. The fourth-order valence-corrected chi connectivity index (χ4v) is 4.82. The number of rotatable bonds is 9. The van der Waals surface area contributed by atoms with Crippen molar-refractivity contribution in [2.24, 2.45) is 5.92 Å². The van der Waals surface area contributed by atoms with Gasteiger partial charge in [0.05, 0.1) is 12.1 Å². The minimum Gasteiger partial charge on any atom is -0.497 e. The van der Waals surface area contributed by atoms with Gasteiger partial charge >= 0.3 is 19.1 Å². The predicted molar refractivity (Wildman–Crippen MR) is 137 cm³/mol. The summed E-state index contributed by atoms with van der Waals surface area (Å²) in [7, 11) is 0.415. The lowest BCUT2D eigenvalue weighted by atomic mass is 9.73. The molecule has 2 aromatic rings. The molecule has 0 aliphatic carbocycles. The first-order valence-corrected chi connectivity index (χ1v) is 12.8. The first-order chi connectivity index (χ1) is 18.2. The second-order valence-electron chi connectivity index (χ2n) is 10.1. The summed E-state index contributed by atoms with van der Waals surface area (Å²) < 4.78 is 11.3. The quantitative estimate of drug-likeness (QED) is 0.462. The van der Waals surface area contributed by atoms with Crippen LogP contribution in [0.4, 0.5) is 0 Å². The summed E-state index contributed by atoms with van der Waals surface area (Å²) in [5.41, 5.74) is 0.899. The first-order valence-electron chi connectivity index (χ1n) is 12.8. The van der Waals surface area contributed by atoms with Crippen LogP contribution in [0.25, 0.3) is 0 Å². The van der Waals surface area contributed by atoms with Crippen molar-refractivity contribution < 1.29 is 28.5 Å². The molecule has 2 fully saturated rings. The van der Waals surface area contributed by atoms with E-state index >= 15 is 0 Å². The summed E-state index contributed by atoms with van der Waals surface area (Å²) in [5.74, 6) is -2.79. The number of amides is 2. The molecule has 2 N–H and O–H groups in total. The van der Waals surface area contributed by atoms with Gasteiger partial charge in [-0.3, -0.25) is 29.1 Å². The molecule has 1 aromatic heterocycles. The van der Waals surface area contributed by atoms with Crippen molar-refractivity contribution in [2.45, 2.75) is 63.6 Å².